The molecule has 3 heteroatoms. The number of carboxylic acids is 1. The molecule has 62 valence electrons. The number of ether oxygens (including phenoxy) is 1. The van der Waals surface area contributed by atoms with Gasteiger partial charge in [-0.25, -0.2) is 0 Å². The second-order valence-electron chi connectivity index (χ2n) is 4.00. The Kier molecular flexibility index (Phi) is 1.04. The lowest BCUT2D eigenvalue weighted by atomic mass is 9.87. The van der Waals surface area contributed by atoms with Crippen LogP contribution in [0.1, 0.15) is 20.3 Å². The zero-order valence-electron chi connectivity index (χ0n) is 6.76. The summed E-state index contributed by atoms with van der Waals surface area (Å²) in [6.07, 6.45) is 0.801. The Labute approximate surface area is 65.4 Å². The van der Waals surface area contributed by atoms with Crippen molar-refractivity contribution >= 4 is 5.97 Å². The second kappa shape index (κ2) is 1.61. The van der Waals surface area contributed by atoms with E-state index in [1.54, 1.807) is 0 Å². The van der Waals surface area contributed by atoms with Gasteiger partial charge in [0.05, 0.1) is 12.2 Å². The molecule has 1 saturated heterocycles. The van der Waals surface area contributed by atoms with Crippen LogP contribution in [0.3, 0.4) is 0 Å². The predicted molar refractivity (Wildman–Crippen MR) is 38.2 cm³/mol. The highest BCUT2D eigenvalue weighted by atomic mass is 16.5. The fourth-order valence-electron chi connectivity index (χ4n) is 2.23. The molecule has 2 fully saturated rings. The number of aliphatic carboxylic acids is 1. The number of hydrogen-bond acceptors (Lipinski definition) is 2. The van der Waals surface area contributed by atoms with E-state index >= 15 is 0 Å². The zero-order valence-corrected chi connectivity index (χ0v) is 6.76. The Bertz CT molecular complexity index is 221. The first-order valence-electron chi connectivity index (χ1n) is 3.88. The van der Waals surface area contributed by atoms with E-state index in [9.17, 15) is 4.79 Å². The third-order valence-corrected chi connectivity index (χ3v) is 3.21. The largest absolute Gasteiger partial charge is 0.481 e. The van der Waals surface area contributed by atoms with Gasteiger partial charge in [-0.1, -0.05) is 0 Å². The van der Waals surface area contributed by atoms with E-state index in [-0.39, 0.29) is 5.92 Å². The maximum Gasteiger partial charge on any atom is 0.312 e. The molecule has 1 aliphatic carbocycles. The summed E-state index contributed by atoms with van der Waals surface area (Å²) in [4.78, 5) is 10.9. The minimum Gasteiger partial charge on any atom is -0.481 e. The van der Waals surface area contributed by atoms with E-state index in [2.05, 4.69) is 0 Å². The molecular weight excluding hydrogens is 144 g/mol. The van der Waals surface area contributed by atoms with Crippen molar-refractivity contribution in [3.05, 3.63) is 0 Å². The average Bonchev–Trinajstić information content (AvgIpc) is 2.53. The second-order valence-corrected chi connectivity index (χ2v) is 4.00. The molecule has 1 aliphatic heterocycles. The van der Waals surface area contributed by atoms with Crippen molar-refractivity contribution in [2.24, 2.45) is 11.3 Å². The van der Waals surface area contributed by atoms with Gasteiger partial charge in [-0.3, -0.25) is 4.79 Å². The standard InChI is InChI=1S/C8H12O3/c1-7(2)8(6(9)10)3-5(8)4-11-7/h5H,3-4H2,1-2H3,(H,9,10)/t5-,8+/m0/s1. The van der Waals surface area contributed by atoms with Crippen LogP contribution in [0, 0.1) is 11.3 Å². The molecule has 0 aromatic carbocycles. The van der Waals surface area contributed by atoms with Gasteiger partial charge < -0.3 is 9.84 Å². The fourth-order valence-corrected chi connectivity index (χ4v) is 2.23. The van der Waals surface area contributed by atoms with Crippen LogP contribution in [0.4, 0.5) is 0 Å². The lowest BCUT2D eigenvalue weighted by Crippen LogP contribution is -2.38. The molecule has 2 rings (SSSR count). The van der Waals surface area contributed by atoms with Crippen LogP contribution in [0.5, 0.6) is 0 Å². The van der Waals surface area contributed by atoms with E-state index in [0.717, 1.165) is 6.42 Å². The third-order valence-electron chi connectivity index (χ3n) is 3.21. The summed E-state index contributed by atoms with van der Waals surface area (Å²) in [7, 11) is 0. The monoisotopic (exact) mass is 156 g/mol. The molecule has 11 heavy (non-hydrogen) atoms. The van der Waals surface area contributed by atoms with Gasteiger partial charge in [0.2, 0.25) is 0 Å². The van der Waals surface area contributed by atoms with Crippen LogP contribution in [0.25, 0.3) is 0 Å². The van der Waals surface area contributed by atoms with Crippen LogP contribution in [-0.2, 0) is 9.53 Å². The minimum absolute atomic E-state index is 0.273. The van der Waals surface area contributed by atoms with Gasteiger partial charge in [-0.05, 0) is 20.3 Å². The first-order chi connectivity index (χ1) is 5.01. The van der Waals surface area contributed by atoms with Crippen molar-refractivity contribution in [1.82, 2.24) is 0 Å². The van der Waals surface area contributed by atoms with Gasteiger partial charge in [0, 0.05) is 5.92 Å². The highest BCUT2D eigenvalue weighted by Gasteiger charge is 2.73. The van der Waals surface area contributed by atoms with E-state index in [4.69, 9.17) is 9.84 Å². The topological polar surface area (TPSA) is 46.5 Å². The molecular formula is C8H12O3. The molecule has 2 aliphatic rings. The Morgan fingerprint density at radius 2 is 2.27 bits per heavy atom. The van der Waals surface area contributed by atoms with Crippen molar-refractivity contribution < 1.29 is 14.6 Å². The number of rotatable bonds is 1. The van der Waals surface area contributed by atoms with Gasteiger partial charge in [-0.15, -0.1) is 0 Å². The molecule has 2 atom stereocenters. The lowest BCUT2D eigenvalue weighted by Gasteiger charge is -2.26. The minimum atomic E-state index is -0.690. The van der Waals surface area contributed by atoms with Crippen LogP contribution in [-0.4, -0.2) is 23.3 Å². The van der Waals surface area contributed by atoms with Crippen LogP contribution in [0.2, 0.25) is 0 Å². The molecule has 0 aromatic heterocycles. The average molecular weight is 156 g/mol. The van der Waals surface area contributed by atoms with Gasteiger partial charge in [0.15, 0.2) is 0 Å². The molecule has 0 bridgehead atoms. The van der Waals surface area contributed by atoms with Gasteiger partial charge >= 0.3 is 5.97 Å². The van der Waals surface area contributed by atoms with Crippen LogP contribution < -0.4 is 0 Å². The normalized spacial score (nSPS) is 45.1. The fraction of sp³-hybridized carbons (Fsp3) is 0.875. The molecule has 0 aromatic rings. The molecule has 0 spiro atoms. The molecule has 1 heterocycles. The summed E-state index contributed by atoms with van der Waals surface area (Å²) in [6, 6.07) is 0. The zero-order chi connectivity index (χ0) is 8.28. The summed E-state index contributed by atoms with van der Waals surface area (Å²) in [6.45, 7) is 4.36. The first kappa shape index (κ1) is 7.10. The Morgan fingerprint density at radius 3 is 2.45 bits per heavy atom. The van der Waals surface area contributed by atoms with Gasteiger partial charge in [0.1, 0.15) is 5.41 Å². The van der Waals surface area contributed by atoms with E-state index in [0.29, 0.717) is 6.61 Å². The number of carbonyl (C=O) groups is 1. The summed E-state index contributed by atoms with van der Waals surface area (Å²) < 4.78 is 5.39. The number of hydrogen-bond donors (Lipinski definition) is 1. The smallest absolute Gasteiger partial charge is 0.312 e. The van der Waals surface area contributed by atoms with E-state index in [1.807, 2.05) is 13.8 Å². The Hall–Kier alpha value is -0.570. The lowest BCUT2D eigenvalue weighted by molar-refractivity contribution is -0.151. The maximum absolute atomic E-state index is 10.9. The summed E-state index contributed by atoms with van der Waals surface area (Å²) in [5.74, 6) is -0.417. The van der Waals surface area contributed by atoms with Gasteiger partial charge in [-0.2, -0.15) is 0 Å². The van der Waals surface area contributed by atoms with Crippen LogP contribution in [0.15, 0.2) is 0 Å². The molecule has 0 radical (unpaired) electrons. The molecule has 0 unspecified atom stereocenters. The van der Waals surface area contributed by atoms with Crippen molar-refractivity contribution in [1.29, 1.82) is 0 Å². The molecule has 1 N–H and O–H groups in total. The maximum atomic E-state index is 10.9. The quantitative estimate of drug-likeness (QED) is 0.613. The van der Waals surface area contributed by atoms with Crippen molar-refractivity contribution in [2.75, 3.05) is 6.61 Å². The van der Waals surface area contributed by atoms with Crippen molar-refractivity contribution in [3.8, 4) is 0 Å². The summed E-state index contributed by atoms with van der Waals surface area (Å²) in [5.41, 5.74) is -1.00. The number of carboxylic acid groups (broad SMARTS) is 1. The SMILES string of the molecule is CC1(C)OC[C@@H]2C[C@]21C(=O)O. The molecule has 1 saturated carbocycles. The molecule has 0 amide bonds. The first-order valence-corrected chi connectivity index (χ1v) is 3.88. The Balaban J connectivity index is 2.35. The highest BCUT2D eigenvalue weighted by molar-refractivity contribution is 5.81. The Morgan fingerprint density at radius 1 is 1.64 bits per heavy atom. The van der Waals surface area contributed by atoms with Crippen molar-refractivity contribution in [3.63, 3.8) is 0 Å². The predicted octanol–water partition coefficient (Wildman–Crippen LogP) is 0.886. The van der Waals surface area contributed by atoms with Gasteiger partial charge in [0.25, 0.3) is 0 Å². The highest BCUT2D eigenvalue weighted by Crippen LogP contribution is 2.65. The molecule has 3 nitrogen and oxygen atoms in total. The summed E-state index contributed by atoms with van der Waals surface area (Å²) in [5, 5.41) is 8.97. The number of fused-ring (bicyclic) bond motifs is 1. The third kappa shape index (κ3) is 0.601. The van der Waals surface area contributed by atoms with E-state index < -0.39 is 17.0 Å². The van der Waals surface area contributed by atoms with Crippen molar-refractivity contribution in [2.45, 2.75) is 25.9 Å². The van der Waals surface area contributed by atoms with E-state index in [1.165, 1.54) is 0 Å². The summed E-state index contributed by atoms with van der Waals surface area (Å²) >= 11 is 0. The van der Waals surface area contributed by atoms with Crippen LogP contribution >= 0.6 is 0 Å².